The maximum Gasteiger partial charge on any atom is 0.187 e. The molecule has 4 nitrogen and oxygen atoms in total. The SMILES string of the molecule is COCCNC(=S)N/N=C(/C)c1cccc(Br)c1. The Kier molecular flexibility index (Phi) is 6.85. The summed E-state index contributed by atoms with van der Waals surface area (Å²) in [6.07, 6.45) is 0. The number of methoxy groups -OCH3 is 1. The van der Waals surface area contributed by atoms with Gasteiger partial charge in [-0.1, -0.05) is 28.1 Å². The van der Waals surface area contributed by atoms with Gasteiger partial charge >= 0.3 is 0 Å². The summed E-state index contributed by atoms with van der Waals surface area (Å²) in [6.45, 7) is 3.19. The highest BCUT2D eigenvalue weighted by atomic mass is 79.9. The summed E-state index contributed by atoms with van der Waals surface area (Å²) in [4.78, 5) is 0. The zero-order valence-electron chi connectivity index (χ0n) is 10.4. The van der Waals surface area contributed by atoms with Gasteiger partial charge < -0.3 is 10.1 Å². The Labute approximate surface area is 121 Å². The Hall–Kier alpha value is -0.980. The average Bonchev–Trinajstić information content (AvgIpc) is 2.36. The summed E-state index contributed by atoms with van der Waals surface area (Å²) in [5.74, 6) is 0. The number of hydrogen-bond acceptors (Lipinski definition) is 3. The van der Waals surface area contributed by atoms with Crippen molar-refractivity contribution in [2.24, 2.45) is 5.10 Å². The summed E-state index contributed by atoms with van der Waals surface area (Å²) < 4.78 is 5.93. The third kappa shape index (κ3) is 5.57. The molecule has 0 unspecified atom stereocenters. The van der Waals surface area contributed by atoms with Crippen LogP contribution in [0.1, 0.15) is 12.5 Å². The maximum absolute atomic E-state index is 5.07. The number of hydrazone groups is 1. The quantitative estimate of drug-likeness (QED) is 0.376. The molecule has 0 aromatic heterocycles. The van der Waals surface area contributed by atoms with E-state index in [9.17, 15) is 0 Å². The van der Waals surface area contributed by atoms with Crippen molar-refractivity contribution >= 4 is 39.0 Å². The zero-order valence-corrected chi connectivity index (χ0v) is 12.8. The smallest absolute Gasteiger partial charge is 0.187 e. The van der Waals surface area contributed by atoms with Crippen LogP contribution in [0.15, 0.2) is 33.8 Å². The summed E-state index contributed by atoms with van der Waals surface area (Å²) >= 11 is 8.49. The lowest BCUT2D eigenvalue weighted by Gasteiger charge is -2.07. The lowest BCUT2D eigenvalue weighted by atomic mass is 10.1. The van der Waals surface area contributed by atoms with Gasteiger partial charge in [-0.2, -0.15) is 5.10 Å². The van der Waals surface area contributed by atoms with Gasteiger partial charge in [0.25, 0.3) is 0 Å². The molecule has 0 aliphatic rings. The van der Waals surface area contributed by atoms with E-state index >= 15 is 0 Å². The van der Waals surface area contributed by atoms with E-state index < -0.39 is 0 Å². The van der Waals surface area contributed by atoms with Crippen molar-refractivity contribution in [3.05, 3.63) is 34.3 Å². The van der Waals surface area contributed by atoms with Crippen LogP contribution in [0.2, 0.25) is 0 Å². The number of benzene rings is 1. The van der Waals surface area contributed by atoms with Gasteiger partial charge in [0.2, 0.25) is 0 Å². The second-order valence-corrected chi connectivity index (χ2v) is 4.89. The molecule has 0 fully saturated rings. The fourth-order valence-electron chi connectivity index (χ4n) is 1.22. The predicted octanol–water partition coefficient (Wildman–Crippen LogP) is 2.28. The van der Waals surface area contributed by atoms with E-state index in [-0.39, 0.29) is 0 Å². The van der Waals surface area contributed by atoms with Gasteiger partial charge in [-0.25, -0.2) is 0 Å². The lowest BCUT2D eigenvalue weighted by molar-refractivity contribution is 0.204. The summed E-state index contributed by atoms with van der Waals surface area (Å²) in [7, 11) is 1.65. The van der Waals surface area contributed by atoms with E-state index in [4.69, 9.17) is 17.0 Å². The molecule has 0 aliphatic carbocycles. The molecule has 1 aromatic rings. The van der Waals surface area contributed by atoms with E-state index in [0.717, 1.165) is 15.7 Å². The largest absolute Gasteiger partial charge is 0.383 e. The Balaban J connectivity index is 2.49. The van der Waals surface area contributed by atoms with Crippen LogP contribution in [0.5, 0.6) is 0 Å². The molecule has 0 radical (unpaired) electrons. The summed E-state index contributed by atoms with van der Waals surface area (Å²) in [5, 5.41) is 7.68. The van der Waals surface area contributed by atoms with Crippen LogP contribution in [0, 0.1) is 0 Å². The van der Waals surface area contributed by atoms with Crippen LogP contribution in [0.25, 0.3) is 0 Å². The van der Waals surface area contributed by atoms with Crippen LogP contribution >= 0.6 is 28.1 Å². The Morgan fingerprint density at radius 3 is 2.94 bits per heavy atom. The van der Waals surface area contributed by atoms with Crippen molar-refractivity contribution in [1.82, 2.24) is 10.7 Å². The number of nitrogens with zero attached hydrogens (tertiary/aromatic N) is 1. The second kappa shape index (κ2) is 8.18. The van der Waals surface area contributed by atoms with E-state index in [1.54, 1.807) is 7.11 Å². The van der Waals surface area contributed by atoms with Crippen LogP contribution in [-0.4, -0.2) is 31.1 Å². The first kappa shape index (κ1) is 15.1. The highest BCUT2D eigenvalue weighted by molar-refractivity contribution is 9.10. The minimum atomic E-state index is 0.487. The summed E-state index contributed by atoms with van der Waals surface area (Å²) in [5.41, 5.74) is 4.70. The molecule has 18 heavy (non-hydrogen) atoms. The molecule has 98 valence electrons. The Bertz CT molecular complexity index is 437. The van der Waals surface area contributed by atoms with Gasteiger partial charge in [0.05, 0.1) is 12.3 Å². The van der Waals surface area contributed by atoms with E-state index in [0.29, 0.717) is 18.3 Å². The van der Waals surface area contributed by atoms with E-state index in [1.165, 1.54) is 0 Å². The highest BCUT2D eigenvalue weighted by Gasteiger charge is 1.98. The fourth-order valence-corrected chi connectivity index (χ4v) is 1.77. The third-order valence-electron chi connectivity index (χ3n) is 2.16. The molecule has 0 atom stereocenters. The number of halogens is 1. The second-order valence-electron chi connectivity index (χ2n) is 3.57. The van der Waals surface area contributed by atoms with Crippen LogP contribution in [0.4, 0.5) is 0 Å². The van der Waals surface area contributed by atoms with Gasteiger partial charge in [-0.05, 0) is 36.8 Å². The Morgan fingerprint density at radius 1 is 1.50 bits per heavy atom. The topological polar surface area (TPSA) is 45.6 Å². The average molecular weight is 330 g/mol. The van der Waals surface area contributed by atoms with Crippen molar-refractivity contribution in [3.8, 4) is 0 Å². The number of nitrogens with one attached hydrogen (secondary N) is 2. The van der Waals surface area contributed by atoms with E-state index in [2.05, 4.69) is 31.8 Å². The van der Waals surface area contributed by atoms with Crippen LogP contribution in [0.3, 0.4) is 0 Å². The molecule has 0 heterocycles. The molecule has 6 heteroatoms. The molecule has 0 spiro atoms. The monoisotopic (exact) mass is 329 g/mol. The normalized spacial score (nSPS) is 11.2. The van der Waals surface area contributed by atoms with Crippen molar-refractivity contribution in [1.29, 1.82) is 0 Å². The number of thiocarbonyl (C=S) groups is 1. The molecule has 0 amide bonds. The fraction of sp³-hybridized carbons (Fsp3) is 0.333. The maximum atomic E-state index is 5.07. The van der Waals surface area contributed by atoms with Gasteiger partial charge in [0.15, 0.2) is 5.11 Å². The predicted molar refractivity (Wildman–Crippen MR) is 82.0 cm³/mol. The number of ether oxygens (including phenoxy) is 1. The van der Waals surface area contributed by atoms with Crippen molar-refractivity contribution in [2.45, 2.75) is 6.92 Å². The number of rotatable bonds is 5. The standard InChI is InChI=1S/C12H16BrN3OS/c1-9(10-4-3-5-11(13)8-10)15-16-12(18)14-6-7-17-2/h3-5,8H,6-7H2,1-2H3,(H2,14,16,18)/b15-9-. The van der Waals surface area contributed by atoms with Crippen LogP contribution < -0.4 is 10.7 Å². The summed E-state index contributed by atoms with van der Waals surface area (Å²) in [6, 6.07) is 7.93. The third-order valence-corrected chi connectivity index (χ3v) is 2.89. The van der Waals surface area contributed by atoms with Crippen molar-refractivity contribution in [3.63, 3.8) is 0 Å². The van der Waals surface area contributed by atoms with Gasteiger partial charge in [-0.15, -0.1) is 0 Å². The lowest BCUT2D eigenvalue weighted by Crippen LogP contribution is -2.34. The molecule has 0 aliphatic heterocycles. The van der Waals surface area contributed by atoms with Gasteiger partial charge in [-0.3, -0.25) is 5.43 Å². The molecular weight excluding hydrogens is 314 g/mol. The molecule has 1 rings (SSSR count). The van der Waals surface area contributed by atoms with Gasteiger partial charge in [0.1, 0.15) is 0 Å². The van der Waals surface area contributed by atoms with E-state index in [1.807, 2.05) is 31.2 Å². The van der Waals surface area contributed by atoms with Crippen molar-refractivity contribution in [2.75, 3.05) is 20.3 Å². The molecule has 2 N–H and O–H groups in total. The highest BCUT2D eigenvalue weighted by Crippen LogP contribution is 2.12. The molecule has 1 aromatic carbocycles. The minimum absolute atomic E-state index is 0.487. The van der Waals surface area contributed by atoms with Crippen molar-refractivity contribution < 1.29 is 4.74 Å². The first-order valence-electron chi connectivity index (χ1n) is 5.46. The van der Waals surface area contributed by atoms with Crippen LogP contribution in [-0.2, 0) is 4.74 Å². The first-order valence-corrected chi connectivity index (χ1v) is 6.66. The minimum Gasteiger partial charge on any atom is -0.383 e. The number of hydrogen-bond donors (Lipinski definition) is 2. The zero-order chi connectivity index (χ0) is 13.4. The molecular formula is C12H16BrN3OS. The van der Waals surface area contributed by atoms with Gasteiger partial charge in [0, 0.05) is 18.1 Å². The first-order chi connectivity index (χ1) is 8.63. The molecule has 0 saturated carbocycles. The Morgan fingerprint density at radius 2 is 2.28 bits per heavy atom. The molecule has 0 saturated heterocycles. The molecule has 0 bridgehead atoms.